The summed E-state index contributed by atoms with van der Waals surface area (Å²) < 4.78 is 4.84. The van der Waals surface area contributed by atoms with E-state index in [0.29, 0.717) is 0 Å². The molecule has 0 saturated heterocycles. The van der Waals surface area contributed by atoms with Crippen LogP contribution in [0.5, 0.6) is 0 Å². The third-order valence-corrected chi connectivity index (χ3v) is 2.46. The molecule has 0 spiro atoms. The molecule has 0 saturated carbocycles. The van der Waals surface area contributed by atoms with E-state index in [1.54, 1.807) is 25.8 Å². The molecule has 60 valence electrons. The van der Waals surface area contributed by atoms with Crippen molar-refractivity contribution >= 4 is 17.5 Å². The van der Waals surface area contributed by atoms with Crippen LogP contribution in [0.3, 0.4) is 0 Å². The van der Waals surface area contributed by atoms with Crippen LogP contribution in [0.2, 0.25) is 0 Å². The molecule has 3 heteroatoms. The van der Waals surface area contributed by atoms with Crippen molar-refractivity contribution in [1.82, 2.24) is 0 Å². The zero-order valence-electron chi connectivity index (χ0n) is 6.72. The lowest BCUT2D eigenvalue weighted by atomic mass is 10.3. The summed E-state index contributed by atoms with van der Waals surface area (Å²) in [5.41, 5.74) is 0. The lowest BCUT2D eigenvalue weighted by Crippen LogP contribution is -2.10. The van der Waals surface area contributed by atoms with Gasteiger partial charge >= 0.3 is 0 Å². The van der Waals surface area contributed by atoms with Crippen molar-refractivity contribution in [2.75, 3.05) is 19.5 Å². The number of carbonyl (C=O) groups excluding carboxylic acids is 1. The van der Waals surface area contributed by atoms with Crippen LogP contribution < -0.4 is 0 Å². The maximum atomic E-state index is 10.7. The van der Waals surface area contributed by atoms with Gasteiger partial charge in [0.2, 0.25) is 0 Å². The van der Waals surface area contributed by atoms with Crippen LogP contribution in [0, 0.1) is 0 Å². The van der Waals surface area contributed by atoms with Gasteiger partial charge in [-0.05, 0) is 13.8 Å². The van der Waals surface area contributed by atoms with E-state index in [0.717, 1.165) is 12.4 Å². The van der Waals surface area contributed by atoms with Crippen LogP contribution in [-0.2, 0) is 9.53 Å². The Labute approximate surface area is 66.3 Å². The average Bonchev–Trinajstić information content (AvgIpc) is 1.88. The Balaban J connectivity index is 3.21. The van der Waals surface area contributed by atoms with Gasteiger partial charge < -0.3 is 4.74 Å². The summed E-state index contributed by atoms with van der Waals surface area (Å²) in [7, 11) is 1.67. The molecule has 10 heavy (non-hydrogen) atoms. The van der Waals surface area contributed by atoms with Crippen LogP contribution in [0.15, 0.2) is 0 Å². The number of ether oxygens (including phenoxy) is 1. The topological polar surface area (TPSA) is 26.3 Å². The number of ketones is 1. The minimum Gasteiger partial charge on any atom is -0.384 e. The highest BCUT2D eigenvalue weighted by Gasteiger charge is 2.05. The highest BCUT2D eigenvalue weighted by atomic mass is 32.2. The van der Waals surface area contributed by atoms with Gasteiger partial charge in [0.25, 0.3) is 0 Å². The molecule has 0 heterocycles. The first-order chi connectivity index (χ1) is 4.68. The Bertz CT molecular complexity index is 104. The second-order valence-electron chi connectivity index (χ2n) is 2.12. The quantitative estimate of drug-likeness (QED) is 0.571. The average molecular weight is 162 g/mol. The van der Waals surface area contributed by atoms with Crippen LogP contribution in [0.4, 0.5) is 0 Å². The van der Waals surface area contributed by atoms with Crippen molar-refractivity contribution in [2.24, 2.45) is 0 Å². The molecule has 0 aromatic rings. The number of rotatable bonds is 5. The van der Waals surface area contributed by atoms with E-state index in [4.69, 9.17) is 4.74 Å². The molecular formula is C7H14O2S. The van der Waals surface area contributed by atoms with Gasteiger partial charge in [-0.1, -0.05) is 0 Å². The predicted octanol–water partition coefficient (Wildman–Crippen LogP) is 1.34. The zero-order valence-corrected chi connectivity index (χ0v) is 7.53. The molecule has 0 aromatic heterocycles. The van der Waals surface area contributed by atoms with Crippen LogP contribution in [0.1, 0.15) is 13.8 Å². The van der Waals surface area contributed by atoms with Crippen molar-refractivity contribution in [2.45, 2.75) is 19.1 Å². The molecule has 0 bridgehead atoms. The summed E-state index contributed by atoms with van der Waals surface area (Å²) in [6, 6.07) is 0. The largest absolute Gasteiger partial charge is 0.384 e. The number of hydrogen-bond donors (Lipinski definition) is 0. The maximum absolute atomic E-state index is 10.7. The van der Waals surface area contributed by atoms with Crippen LogP contribution in [-0.4, -0.2) is 30.5 Å². The van der Waals surface area contributed by atoms with E-state index in [2.05, 4.69) is 0 Å². The number of methoxy groups -OCH3 is 1. The molecule has 0 rings (SSSR count). The fourth-order valence-corrected chi connectivity index (χ4v) is 1.28. The molecule has 0 aromatic carbocycles. The Morgan fingerprint density at radius 2 is 2.30 bits per heavy atom. The van der Waals surface area contributed by atoms with Crippen molar-refractivity contribution in [3.63, 3.8) is 0 Å². The highest BCUT2D eigenvalue weighted by Crippen LogP contribution is 2.09. The van der Waals surface area contributed by atoms with Crippen molar-refractivity contribution < 1.29 is 9.53 Å². The number of thioether (sulfide) groups is 1. The lowest BCUT2D eigenvalue weighted by molar-refractivity contribution is -0.116. The summed E-state index contributed by atoms with van der Waals surface area (Å²) in [5, 5.41) is 0.121. The lowest BCUT2D eigenvalue weighted by Gasteiger charge is -2.05. The fourth-order valence-electron chi connectivity index (χ4n) is 0.426. The van der Waals surface area contributed by atoms with Gasteiger partial charge in [0.15, 0.2) is 0 Å². The normalized spacial score (nSPS) is 13.1. The van der Waals surface area contributed by atoms with E-state index in [-0.39, 0.29) is 11.0 Å². The van der Waals surface area contributed by atoms with E-state index in [1.807, 2.05) is 6.92 Å². The van der Waals surface area contributed by atoms with Crippen LogP contribution >= 0.6 is 11.8 Å². The fraction of sp³-hybridized carbons (Fsp3) is 0.857. The minimum atomic E-state index is 0.121. The van der Waals surface area contributed by atoms with E-state index < -0.39 is 0 Å². The molecule has 0 aliphatic heterocycles. The van der Waals surface area contributed by atoms with Gasteiger partial charge in [0, 0.05) is 12.9 Å². The number of carbonyl (C=O) groups is 1. The zero-order chi connectivity index (χ0) is 7.98. The van der Waals surface area contributed by atoms with Gasteiger partial charge in [0.1, 0.15) is 5.78 Å². The van der Waals surface area contributed by atoms with Gasteiger partial charge in [-0.15, -0.1) is 11.8 Å². The Kier molecular flexibility index (Phi) is 5.73. The number of Topliss-reactive ketones (excluding diaryl/α,β-unsaturated/α-hetero) is 1. The molecular weight excluding hydrogens is 148 g/mol. The SMILES string of the molecule is COCCSC(C)C(C)=O. The molecule has 0 fully saturated rings. The monoisotopic (exact) mass is 162 g/mol. The summed E-state index contributed by atoms with van der Waals surface area (Å²) >= 11 is 1.63. The van der Waals surface area contributed by atoms with E-state index >= 15 is 0 Å². The van der Waals surface area contributed by atoms with Gasteiger partial charge in [-0.3, -0.25) is 4.79 Å². The highest BCUT2D eigenvalue weighted by molar-refractivity contribution is 8.00. The molecule has 0 aliphatic rings. The molecule has 1 unspecified atom stereocenters. The van der Waals surface area contributed by atoms with E-state index in [9.17, 15) is 4.79 Å². The van der Waals surface area contributed by atoms with Gasteiger partial charge in [0.05, 0.1) is 11.9 Å². The van der Waals surface area contributed by atoms with Crippen molar-refractivity contribution in [3.05, 3.63) is 0 Å². The van der Waals surface area contributed by atoms with Crippen molar-refractivity contribution in [3.8, 4) is 0 Å². The van der Waals surface area contributed by atoms with Gasteiger partial charge in [-0.25, -0.2) is 0 Å². The van der Waals surface area contributed by atoms with E-state index in [1.165, 1.54) is 0 Å². The first-order valence-corrected chi connectivity index (χ1v) is 4.34. The second kappa shape index (κ2) is 5.74. The molecule has 2 nitrogen and oxygen atoms in total. The second-order valence-corrected chi connectivity index (χ2v) is 3.57. The first kappa shape index (κ1) is 9.98. The summed E-state index contributed by atoms with van der Waals surface area (Å²) in [6.45, 7) is 4.26. The summed E-state index contributed by atoms with van der Waals surface area (Å²) in [5.74, 6) is 1.14. The summed E-state index contributed by atoms with van der Waals surface area (Å²) in [6.07, 6.45) is 0. The predicted molar refractivity (Wildman–Crippen MR) is 44.5 cm³/mol. The van der Waals surface area contributed by atoms with Crippen molar-refractivity contribution in [1.29, 1.82) is 0 Å². The third kappa shape index (κ3) is 4.82. The standard InChI is InChI=1S/C7H14O2S/c1-6(8)7(2)10-5-4-9-3/h7H,4-5H2,1-3H3. The minimum absolute atomic E-state index is 0.121. The maximum Gasteiger partial charge on any atom is 0.142 e. The summed E-state index contributed by atoms with van der Waals surface area (Å²) in [4.78, 5) is 10.7. The smallest absolute Gasteiger partial charge is 0.142 e. The molecule has 1 atom stereocenters. The first-order valence-electron chi connectivity index (χ1n) is 3.29. The molecule has 0 N–H and O–H groups in total. The Hall–Kier alpha value is -0.0200. The Morgan fingerprint density at radius 3 is 2.70 bits per heavy atom. The van der Waals surface area contributed by atoms with Gasteiger partial charge in [-0.2, -0.15) is 0 Å². The molecule has 0 amide bonds. The third-order valence-electron chi connectivity index (χ3n) is 1.23. The number of hydrogen-bond acceptors (Lipinski definition) is 3. The molecule has 0 aliphatic carbocycles. The Morgan fingerprint density at radius 1 is 1.70 bits per heavy atom. The van der Waals surface area contributed by atoms with Crippen LogP contribution in [0.25, 0.3) is 0 Å². The molecule has 0 radical (unpaired) electrons.